The monoisotopic (exact) mass is 324 g/mol. The van der Waals surface area contributed by atoms with E-state index in [9.17, 15) is 13.6 Å². The van der Waals surface area contributed by atoms with Crippen LogP contribution in [-0.4, -0.2) is 53.0 Å². The molecule has 23 heavy (non-hydrogen) atoms. The van der Waals surface area contributed by atoms with Gasteiger partial charge in [-0.1, -0.05) is 0 Å². The molecule has 4 nitrogen and oxygen atoms in total. The molecule has 3 heterocycles. The Morgan fingerprint density at radius 1 is 1.17 bits per heavy atom. The van der Waals surface area contributed by atoms with Crippen LogP contribution in [0.5, 0.6) is 5.75 Å². The minimum atomic E-state index is -2.85. The van der Waals surface area contributed by atoms with Crippen LogP contribution in [0.3, 0.4) is 0 Å². The van der Waals surface area contributed by atoms with Crippen molar-refractivity contribution in [1.82, 2.24) is 9.80 Å². The summed E-state index contributed by atoms with van der Waals surface area (Å²) >= 11 is 0. The van der Waals surface area contributed by atoms with Crippen LogP contribution in [0, 0.1) is 0 Å². The van der Waals surface area contributed by atoms with Crippen molar-refractivity contribution in [2.45, 2.75) is 51.4 Å². The lowest BCUT2D eigenvalue weighted by Gasteiger charge is -2.59. The van der Waals surface area contributed by atoms with E-state index in [2.05, 4.69) is 30.4 Å². The maximum absolute atomic E-state index is 12.6. The zero-order chi connectivity index (χ0) is 16.8. The van der Waals surface area contributed by atoms with Crippen LogP contribution in [0.25, 0.3) is 0 Å². The fourth-order valence-electron chi connectivity index (χ4n) is 3.42. The topological polar surface area (TPSA) is 32.8 Å². The lowest BCUT2D eigenvalue weighted by molar-refractivity contribution is -0.0736. The number of rotatable bonds is 3. The smallest absolute Gasteiger partial charge is 0.387 e. The van der Waals surface area contributed by atoms with Crippen LogP contribution in [0.4, 0.5) is 8.78 Å². The molecule has 0 saturated carbocycles. The van der Waals surface area contributed by atoms with Gasteiger partial charge in [-0.2, -0.15) is 8.78 Å². The molecule has 0 radical (unpaired) electrons. The second-order valence-electron chi connectivity index (χ2n) is 7.23. The number of amides is 1. The molecule has 2 unspecified atom stereocenters. The third-order valence-electron chi connectivity index (χ3n) is 4.70. The van der Waals surface area contributed by atoms with E-state index in [1.54, 1.807) is 12.1 Å². The minimum absolute atomic E-state index is 0.0246. The third-order valence-corrected chi connectivity index (χ3v) is 4.70. The number of hydrogen-bond donors (Lipinski definition) is 0. The van der Waals surface area contributed by atoms with E-state index in [1.165, 1.54) is 12.1 Å². The predicted octanol–water partition coefficient (Wildman–Crippen LogP) is 2.99. The van der Waals surface area contributed by atoms with Crippen LogP contribution in [0.15, 0.2) is 24.3 Å². The van der Waals surface area contributed by atoms with Gasteiger partial charge < -0.3 is 9.64 Å². The zero-order valence-electron chi connectivity index (χ0n) is 13.6. The SMILES string of the molecule is CC(C)(C)N1CC2CC(C1)N2C(=O)c1ccc(OC(F)F)cc1. The van der Waals surface area contributed by atoms with Crippen molar-refractivity contribution >= 4 is 5.91 Å². The summed E-state index contributed by atoms with van der Waals surface area (Å²) < 4.78 is 28.6. The molecule has 3 aliphatic heterocycles. The van der Waals surface area contributed by atoms with Crippen LogP contribution in [0.2, 0.25) is 0 Å². The highest BCUT2D eigenvalue weighted by Gasteiger charge is 2.49. The molecule has 0 aromatic heterocycles. The largest absolute Gasteiger partial charge is 0.435 e. The van der Waals surface area contributed by atoms with Gasteiger partial charge in [0.15, 0.2) is 0 Å². The number of piperidine rings is 1. The van der Waals surface area contributed by atoms with Gasteiger partial charge in [-0.25, -0.2) is 0 Å². The molecule has 126 valence electrons. The minimum Gasteiger partial charge on any atom is -0.435 e. The standard InChI is InChI=1S/C17H22F2N2O2/c1-17(2,3)20-9-12-8-13(10-20)21(12)15(22)11-4-6-14(7-5-11)23-16(18)19/h4-7,12-13,16H,8-10H2,1-3H3. The van der Waals surface area contributed by atoms with Gasteiger partial charge in [-0.15, -0.1) is 0 Å². The molecule has 1 amide bonds. The molecule has 2 atom stereocenters. The molecule has 2 bridgehead atoms. The predicted molar refractivity (Wildman–Crippen MR) is 82.8 cm³/mol. The van der Waals surface area contributed by atoms with Crippen molar-refractivity contribution in [3.63, 3.8) is 0 Å². The number of ether oxygens (including phenoxy) is 1. The molecule has 3 fully saturated rings. The highest BCUT2D eigenvalue weighted by atomic mass is 19.3. The maximum atomic E-state index is 12.6. The Morgan fingerprint density at radius 2 is 1.74 bits per heavy atom. The van der Waals surface area contributed by atoms with Gasteiger partial charge in [0.2, 0.25) is 0 Å². The Kier molecular flexibility index (Phi) is 4.04. The molecular formula is C17H22F2N2O2. The number of fused-ring (bicyclic) bond motifs is 2. The molecule has 0 N–H and O–H groups in total. The Labute approximate surface area is 135 Å². The van der Waals surface area contributed by atoms with E-state index in [0.717, 1.165) is 19.5 Å². The van der Waals surface area contributed by atoms with E-state index in [1.807, 2.05) is 4.90 Å². The lowest BCUT2D eigenvalue weighted by atomic mass is 9.84. The van der Waals surface area contributed by atoms with Crippen molar-refractivity contribution in [2.24, 2.45) is 0 Å². The summed E-state index contributed by atoms with van der Waals surface area (Å²) in [4.78, 5) is 17.0. The van der Waals surface area contributed by atoms with Crippen LogP contribution >= 0.6 is 0 Å². The first-order valence-corrected chi connectivity index (χ1v) is 7.88. The Morgan fingerprint density at radius 3 is 2.22 bits per heavy atom. The van der Waals surface area contributed by atoms with Gasteiger partial charge in [0.05, 0.1) is 0 Å². The highest BCUT2D eigenvalue weighted by Crippen LogP contribution is 2.36. The number of piperazine rings is 1. The van der Waals surface area contributed by atoms with Crippen molar-refractivity contribution < 1.29 is 18.3 Å². The van der Waals surface area contributed by atoms with E-state index >= 15 is 0 Å². The molecule has 0 spiro atoms. The molecule has 0 aliphatic carbocycles. The van der Waals surface area contributed by atoms with Gasteiger partial charge in [0.1, 0.15) is 5.75 Å². The number of halogens is 2. The van der Waals surface area contributed by atoms with Gasteiger partial charge in [-0.05, 0) is 51.5 Å². The Bertz CT molecular complexity index is 571. The second kappa shape index (κ2) is 5.74. The van der Waals surface area contributed by atoms with Gasteiger partial charge in [-0.3, -0.25) is 9.69 Å². The van der Waals surface area contributed by atoms with E-state index in [-0.39, 0.29) is 29.3 Å². The first kappa shape index (κ1) is 16.2. The zero-order valence-corrected chi connectivity index (χ0v) is 13.6. The number of carbonyl (C=O) groups excluding carboxylic acids is 1. The number of hydrogen-bond acceptors (Lipinski definition) is 3. The summed E-state index contributed by atoms with van der Waals surface area (Å²) in [6.07, 6.45) is 1.05. The average molecular weight is 324 g/mol. The number of nitrogens with zero attached hydrogens (tertiary/aromatic N) is 2. The van der Waals surface area contributed by atoms with Crippen molar-refractivity contribution in [2.75, 3.05) is 13.1 Å². The van der Waals surface area contributed by atoms with Crippen molar-refractivity contribution in [1.29, 1.82) is 0 Å². The van der Waals surface area contributed by atoms with Crippen LogP contribution in [-0.2, 0) is 0 Å². The van der Waals surface area contributed by atoms with E-state index in [0.29, 0.717) is 5.56 Å². The van der Waals surface area contributed by atoms with Gasteiger partial charge in [0, 0.05) is 36.3 Å². The van der Waals surface area contributed by atoms with Crippen LogP contribution in [0.1, 0.15) is 37.6 Å². The Balaban J connectivity index is 1.66. The molecule has 1 aromatic carbocycles. The molecule has 3 aliphatic rings. The fourth-order valence-corrected chi connectivity index (χ4v) is 3.42. The summed E-state index contributed by atoms with van der Waals surface area (Å²) in [6.45, 7) is 5.48. The van der Waals surface area contributed by atoms with E-state index in [4.69, 9.17) is 0 Å². The average Bonchev–Trinajstić information content (AvgIpc) is 2.46. The summed E-state index contributed by atoms with van der Waals surface area (Å²) in [5.41, 5.74) is 0.630. The molecule has 6 heteroatoms. The summed E-state index contributed by atoms with van der Waals surface area (Å²) in [5.74, 6) is 0.0441. The highest BCUT2D eigenvalue weighted by molar-refractivity contribution is 5.95. The fraction of sp³-hybridized carbons (Fsp3) is 0.588. The summed E-state index contributed by atoms with van der Waals surface area (Å²) in [7, 11) is 0. The summed E-state index contributed by atoms with van der Waals surface area (Å²) in [5, 5.41) is 0. The number of benzene rings is 1. The van der Waals surface area contributed by atoms with Crippen LogP contribution < -0.4 is 4.74 Å². The maximum Gasteiger partial charge on any atom is 0.387 e. The second-order valence-corrected chi connectivity index (χ2v) is 7.23. The number of carbonyl (C=O) groups is 1. The van der Waals surface area contributed by atoms with Gasteiger partial charge >= 0.3 is 6.61 Å². The van der Waals surface area contributed by atoms with Crippen molar-refractivity contribution in [3.05, 3.63) is 29.8 Å². The normalized spacial score (nSPS) is 24.5. The first-order chi connectivity index (χ1) is 10.8. The Hall–Kier alpha value is -1.69. The quantitative estimate of drug-likeness (QED) is 0.857. The third kappa shape index (κ3) is 3.17. The van der Waals surface area contributed by atoms with Gasteiger partial charge in [0.25, 0.3) is 5.91 Å². The molecule has 4 rings (SSSR count). The molecular weight excluding hydrogens is 302 g/mol. The lowest BCUT2D eigenvalue weighted by Crippen LogP contribution is -2.72. The summed E-state index contributed by atoms with van der Waals surface area (Å²) in [6, 6.07) is 6.42. The number of alkyl halides is 2. The first-order valence-electron chi connectivity index (χ1n) is 7.88. The molecule has 1 aromatic rings. The molecule has 3 saturated heterocycles. The van der Waals surface area contributed by atoms with E-state index < -0.39 is 6.61 Å². The van der Waals surface area contributed by atoms with Crippen molar-refractivity contribution in [3.8, 4) is 5.75 Å².